The molecule has 1 unspecified atom stereocenters. The van der Waals surface area contributed by atoms with Crippen molar-refractivity contribution in [2.45, 2.75) is 24.3 Å². The summed E-state index contributed by atoms with van der Waals surface area (Å²) in [6.45, 7) is 2.54. The van der Waals surface area contributed by atoms with Crippen molar-refractivity contribution in [2.24, 2.45) is 0 Å². The number of hydrogen-bond acceptors (Lipinski definition) is 3. The first-order valence-corrected chi connectivity index (χ1v) is 11.6. The largest absolute Gasteiger partial charge is 0.335 e. The van der Waals surface area contributed by atoms with Gasteiger partial charge >= 0.3 is 6.03 Å². The normalized spacial score (nSPS) is 16.3. The molecule has 0 aromatic heterocycles. The van der Waals surface area contributed by atoms with E-state index in [9.17, 15) is 17.6 Å². The van der Waals surface area contributed by atoms with Crippen LogP contribution in [0, 0.1) is 5.82 Å². The van der Waals surface area contributed by atoms with Gasteiger partial charge in [-0.2, -0.15) is 4.31 Å². The van der Waals surface area contributed by atoms with Gasteiger partial charge in [0.15, 0.2) is 0 Å². The number of piperazine rings is 1. The molecule has 0 spiro atoms. The van der Waals surface area contributed by atoms with Crippen molar-refractivity contribution in [3.63, 3.8) is 0 Å². The second-order valence-electron chi connectivity index (χ2n) is 7.09. The molecule has 6 nitrogen and oxygen atoms in total. The number of rotatable bonds is 5. The maximum atomic E-state index is 13.8. The highest BCUT2D eigenvalue weighted by atomic mass is 35.5. The lowest BCUT2D eigenvalue weighted by Gasteiger charge is -2.34. The van der Waals surface area contributed by atoms with Crippen molar-refractivity contribution in [1.82, 2.24) is 14.5 Å². The number of amides is 2. The molecule has 1 aliphatic heterocycles. The van der Waals surface area contributed by atoms with Gasteiger partial charge in [0.1, 0.15) is 10.7 Å². The first-order valence-electron chi connectivity index (χ1n) is 9.43. The highest BCUT2D eigenvalue weighted by Crippen LogP contribution is 2.31. The smallest absolute Gasteiger partial charge is 0.317 e. The van der Waals surface area contributed by atoms with E-state index in [1.807, 2.05) is 0 Å². The van der Waals surface area contributed by atoms with E-state index < -0.39 is 10.0 Å². The number of nitrogens with zero attached hydrogens (tertiary/aromatic N) is 2. The Morgan fingerprint density at radius 2 is 1.77 bits per heavy atom. The van der Waals surface area contributed by atoms with Crippen LogP contribution in [-0.4, -0.2) is 55.9 Å². The highest BCUT2D eigenvalue weighted by Gasteiger charge is 2.32. The van der Waals surface area contributed by atoms with Crippen LogP contribution in [0.2, 0.25) is 10.0 Å². The summed E-state index contributed by atoms with van der Waals surface area (Å²) in [6, 6.07) is 10.3. The summed E-state index contributed by atoms with van der Waals surface area (Å²) in [7, 11) is -3.82. The molecule has 1 aliphatic rings. The van der Waals surface area contributed by atoms with Gasteiger partial charge in [0, 0.05) is 32.2 Å². The average Bonchev–Trinajstić information content (AvgIpc) is 2.71. The van der Waals surface area contributed by atoms with Crippen molar-refractivity contribution in [3.8, 4) is 0 Å². The maximum absolute atomic E-state index is 13.8. The molecule has 1 heterocycles. The standard InChI is InChI=1S/C20H22Cl2FN3O3S/c1-14(13-15-5-2-3-7-17(15)23)24-20(27)25-9-11-26(12-10-25)30(28,29)18-8-4-6-16(21)19(18)22/h2-8,14H,9-13H2,1H3,(H,24,27). The lowest BCUT2D eigenvalue weighted by molar-refractivity contribution is 0.169. The molecule has 2 amide bonds. The molecule has 162 valence electrons. The van der Waals surface area contributed by atoms with E-state index in [4.69, 9.17) is 23.2 Å². The van der Waals surface area contributed by atoms with Crippen LogP contribution in [-0.2, 0) is 16.4 Å². The zero-order valence-corrected chi connectivity index (χ0v) is 18.6. The van der Waals surface area contributed by atoms with Crippen LogP contribution in [0.1, 0.15) is 12.5 Å². The quantitative estimate of drug-likeness (QED) is 0.717. The second-order valence-corrected chi connectivity index (χ2v) is 9.78. The van der Waals surface area contributed by atoms with Gasteiger partial charge in [-0.05, 0) is 37.1 Å². The third-order valence-electron chi connectivity index (χ3n) is 4.91. The van der Waals surface area contributed by atoms with Gasteiger partial charge < -0.3 is 10.2 Å². The first kappa shape index (κ1) is 22.8. The van der Waals surface area contributed by atoms with Crippen LogP contribution in [0.5, 0.6) is 0 Å². The van der Waals surface area contributed by atoms with Crippen LogP contribution >= 0.6 is 23.2 Å². The molecular formula is C20H22Cl2FN3O3S. The summed E-state index contributed by atoms with van der Waals surface area (Å²) in [4.78, 5) is 14.0. The first-order chi connectivity index (χ1) is 14.2. The highest BCUT2D eigenvalue weighted by molar-refractivity contribution is 7.89. The lowest BCUT2D eigenvalue weighted by atomic mass is 10.1. The Kier molecular flexibility index (Phi) is 7.23. The van der Waals surface area contributed by atoms with Crippen molar-refractivity contribution < 1.29 is 17.6 Å². The van der Waals surface area contributed by atoms with E-state index in [0.29, 0.717) is 12.0 Å². The van der Waals surface area contributed by atoms with Crippen molar-refractivity contribution >= 4 is 39.3 Å². The van der Waals surface area contributed by atoms with Gasteiger partial charge in [-0.25, -0.2) is 17.6 Å². The number of benzene rings is 2. The molecule has 0 saturated carbocycles. The number of urea groups is 1. The van der Waals surface area contributed by atoms with Gasteiger partial charge in [-0.1, -0.05) is 47.5 Å². The molecule has 3 rings (SSSR count). The minimum atomic E-state index is -3.82. The Labute approximate surface area is 185 Å². The van der Waals surface area contributed by atoms with Crippen LogP contribution < -0.4 is 5.32 Å². The van der Waals surface area contributed by atoms with Crippen LogP contribution in [0.15, 0.2) is 47.4 Å². The molecule has 0 bridgehead atoms. The summed E-state index contributed by atoms with van der Waals surface area (Å²) in [5, 5.41) is 2.99. The van der Waals surface area contributed by atoms with E-state index >= 15 is 0 Å². The lowest BCUT2D eigenvalue weighted by Crippen LogP contribution is -2.54. The monoisotopic (exact) mass is 473 g/mol. The molecule has 2 aromatic carbocycles. The number of hydrogen-bond donors (Lipinski definition) is 1. The minimum absolute atomic E-state index is 0.0127. The summed E-state index contributed by atoms with van der Waals surface area (Å²) in [6.07, 6.45) is 0.361. The second kappa shape index (κ2) is 9.51. The molecule has 1 N–H and O–H groups in total. The fraction of sp³-hybridized carbons (Fsp3) is 0.350. The number of nitrogens with one attached hydrogen (secondary N) is 1. The summed E-state index contributed by atoms with van der Waals surface area (Å²) < 4.78 is 40.8. The Hall–Kier alpha value is -1.87. The average molecular weight is 474 g/mol. The van der Waals surface area contributed by atoms with Crippen LogP contribution in [0.4, 0.5) is 9.18 Å². The van der Waals surface area contributed by atoms with Crippen molar-refractivity contribution in [3.05, 3.63) is 63.9 Å². The molecule has 2 aromatic rings. The number of carbonyl (C=O) groups excluding carboxylic acids is 1. The Bertz CT molecular complexity index is 1030. The molecule has 1 atom stereocenters. The number of sulfonamides is 1. The van der Waals surface area contributed by atoms with E-state index in [1.54, 1.807) is 30.0 Å². The Morgan fingerprint density at radius 1 is 1.10 bits per heavy atom. The molecule has 10 heteroatoms. The molecule has 0 aliphatic carbocycles. The maximum Gasteiger partial charge on any atom is 0.317 e. The van der Waals surface area contributed by atoms with Crippen LogP contribution in [0.3, 0.4) is 0 Å². The number of carbonyl (C=O) groups is 1. The SMILES string of the molecule is CC(Cc1ccccc1F)NC(=O)N1CCN(S(=O)(=O)c2cccc(Cl)c2Cl)CC1. The zero-order chi connectivity index (χ0) is 21.9. The molecular weight excluding hydrogens is 452 g/mol. The third-order valence-corrected chi connectivity index (χ3v) is 7.79. The van der Waals surface area contributed by atoms with E-state index in [-0.39, 0.29) is 59.0 Å². The summed E-state index contributed by atoms with van der Waals surface area (Å²) in [5.74, 6) is -0.308. The molecule has 30 heavy (non-hydrogen) atoms. The van der Waals surface area contributed by atoms with Gasteiger partial charge in [0.05, 0.1) is 10.0 Å². The van der Waals surface area contributed by atoms with Gasteiger partial charge in [0.2, 0.25) is 10.0 Å². The van der Waals surface area contributed by atoms with Gasteiger partial charge in [-0.15, -0.1) is 0 Å². The number of halogens is 3. The topological polar surface area (TPSA) is 69.7 Å². The zero-order valence-electron chi connectivity index (χ0n) is 16.3. The Balaban J connectivity index is 1.57. The fourth-order valence-electron chi connectivity index (χ4n) is 3.30. The molecule has 0 radical (unpaired) electrons. The minimum Gasteiger partial charge on any atom is -0.335 e. The third kappa shape index (κ3) is 5.06. The van der Waals surface area contributed by atoms with E-state index in [1.165, 1.54) is 28.6 Å². The van der Waals surface area contributed by atoms with Gasteiger partial charge in [-0.3, -0.25) is 0 Å². The van der Waals surface area contributed by atoms with Gasteiger partial charge in [0.25, 0.3) is 0 Å². The van der Waals surface area contributed by atoms with Crippen molar-refractivity contribution in [1.29, 1.82) is 0 Å². The fourth-order valence-corrected chi connectivity index (χ4v) is 5.46. The summed E-state index contributed by atoms with van der Waals surface area (Å²) >= 11 is 12.0. The molecule has 1 saturated heterocycles. The molecule has 1 fully saturated rings. The predicted molar refractivity (Wildman–Crippen MR) is 115 cm³/mol. The van der Waals surface area contributed by atoms with Crippen molar-refractivity contribution in [2.75, 3.05) is 26.2 Å². The predicted octanol–water partition coefficient (Wildman–Crippen LogP) is 3.78. The summed E-state index contributed by atoms with van der Waals surface area (Å²) in [5.41, 5.74) is 0.527. The van der Waals surface area contributed by atoms with Crippen LogP contribution in [0.25, 0.3) is 0 Å². The Morgan fingerprint density at radius 3 is 2.43 bits per heavy atom. The van der Waals surface area contributed by atoms with E-state index in [0.717, 1.165) is 0 Å². The van der Waals surface area contributed by atoms with E-state index in [2.05, 4.69) is 5.32 Å².